The number of hydrogen-bond acceptors (Lipinski definition) is 0. The molecule has 106 valence electrons. The van der Waals surface area contributed by atoms with Crippen molar-refractivity contribution >= 4 is 0 Å². The zero-order valence-electron chi connectivity index (χ0n) is 11.8. The molecule has 0 heterocycles. The summed E-state index contributed by atoms with van der Waals surface area (Å²) in [7, 11) is 0. The van der Waals surface area contributed by atoms with E-state index < -0.39 is 11.6 Å². The smallest absolute Gasteiger partial charge is 0.169 e. The van der Waals surface area contributed by atoms with E-state index in [9.17, 15) is 13.2 Å². The minimum absolute atomic E-state index is 0.253. The Balaban J connectivity index is 2.79. The quantitative estimate of drug-likeness (QED) is 0.650. The summed E-state index contributed by atoms with van der Waals surface area (Å²) in [5.41, 5.74) is -0.0485. The lowest BCUT2D eigenvalue weighted by Crippen LogP contribution is -2.42. The second-order valence-electron chi connectivity index (χ2n) is 5.28. The van der Waals surface area contributed by atoms with Gasteiger partial charge < -0.3 is 0 Å². The van der Waals surface area contributed by atoms with E-state index in [0.29, 0.717) is 11.1 Å². The number of hydrogen-bond donors (Lipinski definition) is 0. The van der Waals surface area contributed by atoms with E-state index in [4.69, 9.17) is 0 Å². The molecule has 0 aromatic heterocycles. The summed E-state index contributed by atoms with van der Waals surface area (Å²) in [5, 5.41) is 0. The molecule has 0 spiro atoms. The van der Waals surface area contributed by atoms with E-state index in [1.54, 1.807) is 44.2 Å². The normalized spacial score (nSPS) is 23.6. The zero-order valence-corrected chi connectivity index (χ0v) is 11.8. The minimum atomic E-state index is -4.38. The van der Waals surface area contributed by atoms with E-state index in [1.165, 1.54) is 18.2 Å². The minimum Gasteiger partial charge on any atom is -0.169 e. The molecule has 1 aromatic rings. The molecule has 0 radical (unpaired) electrons. The van der Waals surface area contributed by atoms with Crippen LogP contribution in [0.4, 0.5) is 13.2 Å². The summed E-state index contributed by atoms with van der Waals surface area (Å²) in [5.74, 6) is 0. The molecule has 2 rings (SSSR count). The first-order valence-electron chi connectivity index (χ1n) is 6.46. The van der Waals surface area contributed by atoms with E-state index in [0.717, 1.165) is 5.57 Å². The molecule has 0 amide bonds. The molecule has 0 aliphatic heterocycles. The van der Waals surface area contributed by atoms with Gasteiger partial charge >= 0.3 is 6.18 Å². The Labute approximate surface area is 117 Å². The van der Waals surface area contributed by atoms with Crippen LogP contribution < -0.4 is 0 Å². The van der Waals surface area contributed by atoms with Gasteiger partial charge in [-0.25, -0.2) is 0 Å². The maximum Gasteiger partial charge on any atom is 0.405 e. The van der Waals surface area contributed by atoms with Crippen LogP contribution in [0, 0.1) is 0 Å². The predicted octanol–water partition coefficient (Wildman–Crippen LogP) is 5.34. The fourth-order valence-corrected chi connectivity index (χ4v) is 2.83. The SMILES string of the molecule is CC1=CC(C)=CC(c2ccccc2)(C(F)(F)F)C(C)=C1. The van der Waals surface area contributed by atoms with Crippen molar-refractivity contribution < 1.29 is 13.2 Å². The molecule has 0 fully saturated rings. The fourth-order valence-electron chi connectivity index (χ4n) is 2.83. The Morgan fingerprint density at radius 1 is 0.850 bits per heavy atom. The van der Waals surface area contributed by atoms with Crippen molar-refractivity contribution in [3.8, 4) is 0 Å². The second-order valence-corrected chi connectivity index (χ2v) is 5.28. The Bertz CT molecular complexity index is 588. The van der Waals surface area contributed by atoms with Crippen LogP contribution in [0.2, 0.25) is 0 Å². The van der Waals surface area contributed by atoms with Crippen molar-refractivity contribution in [3.63, 3.8) is 0 Å². The van der Waals surface area contributed by atoms with Crippen LogP contribution in [-0.2, 0) is 5.41 Å². The lowest BCUT2D eigenvalue weighted by atomic mass is 9.73. The number of halogens is 3. The zero-order chi connectivity index (χ0) is 15.0. The van der Waals surface area contributed by atoms with Gasteiger partial charge in [-0.15, -0.1) is 0 Å². The second kappa shape index (κ2) is 4.97. The largest absolute Gasteiger partial charge is 0.405 e. The van der Waals surface area contributed by atoms with Gasteiger partial charge in [0.1, 0.15) is 5.41 Å². The van der Waals surface area contributed by atoms with Crippen molar-refractivity contribution in [3.05, 3.63) is 70.8 Å². The molecule has 1 aromatic carbocycles. The fraction of sp³-hybridized carbons (Fsp3) is 0.294. The monoisotopic (exact) mass is 278 g/mol. The Morgan fingerprint density at radius 3 is 2.00 bits per heavy atom. The van der Waals surface area contributed by atoms with Crippen LogP contribution in [0.3, 0.4) is 0 Å². The lowest BCUT2D eigenvalue weighted by Gasteiger charge is -2.35. The maximum absolute atomic E-state index is 13.9. The third-order valence-electron chi connectivity index (χ3n) is 3.64. The number of rotatable bonds is 1. The van der Waals surface area contributed by atoms with E-state index >= 15 is 0 Å². The summed E-state index contributed by atoms with van der Waals surface area (Å²) in [6, 6.07) is 8.09. The van der Waals surface area contributed by atoms with E-state index in [2.05, 4.69) is 0 Å². The van der Waals surface area contributed by atoms with Gasteiger partial charge in [0.25, 0.3) is 0 Å². The van der Waals surface area contributed by atoms with Crippen molar-refractivity contribution in [2.75, 3.05) is 0 Å². The van der Waals surface area contributed by atoms with Gasteiger partial charge in [-0.3, -0.25) is 0 Å². The summed E-state index contributed by atoms with van der Waals surface area (Å²) >= 11 is 0. The third kappa shape index (κ3) is 2.33. The van der Waals surface area contributed by atoms with Gasteiger partial charge in [0, 0.05) is 0 Å². The molecule has 1 aliphatic carbocycles. The molecule has 1 unspecified atom stereocenters. The highest BCUT2D eigenvalue weighted by Gasteiger charge is 2.55. The summed E-state index contributed by atoms with van der Waals surface area (Å²) in [6.45, 7) is 5.07. The molecular weight excluding hydrogens is 261 g/mol. The third-order valence-corrected chi connectivity index (χ3v) is 3.64. The summed E-state index contributed by atoms with van der Waals surface area (Å²) in [6.07, 6.45) is 0.340. The van der Waals surface area contributed by atoms with Gasteiger partial charge in [0.05, 0.1) is 0 Å². The van der Waals surface area contributed by atoms with Crippen LogP contribution in [0.15, 0.2) is 65.3 Å². The molecule has 0 N–H and O–H groups in total. The van der Waals surface area contributed by atoms with Crippen LogP contribution in [-0.4, -0.2) is 6.18 Å². The van der Waals surface area contributed by atoms with Gasteiger partial charge in [0.2, 0.25) is 0 Å². The molecule has 1 atom stereocenters. The molecule has 3 heteroatoms. The summed E-state index contributed by atoms with van der Waals surface area (Å²) < 4.78 is 41.7. The first-order chi connectivity index (χ1) is 9.27. The highest BCUT2D eigenvalue weighted by molar-refractivity contribution is 5.51. The molecular formula is C17H17F3. The van der Waals surface area contributed by atoms with Gasteiger partial charge in [-0.05, 0) is 31.9 Å². The standard InChI is InChI=1S/C17H17F3/c1-12-9-13(2)11-16(14(3)10-12,17(18,19)20)15-7-5-4-6-8-15/h4-11H,1-3H3. The number of benzene rings is 1. The summed E-state index contributed by atoms with van der Waals surface area (Å²) in [4.78, 5) is 0. The molecule has 0 bridgehead atoms. The average molecular weight is 278 g/mol. The van der Waals surface area contributed by atoms with Crippen LogP contribution in [0.25, 0.3) is 0 Å². The molecule has 1 aliphatic rings. The van der Waals surface area contributed by atoms with E-state index in [1.807, 2.05) is 6.92 Å². The first kappa shape index (κ1) is 14.6. The van der Waals surface area contributed by atoms with Gasteiger partial charge in [0.15, 0.2) is 0 Å². The number of alkyl halides is 3. The van der Waals surface area contributed by atoms with Crippen LogP contribution in [0.1, 0.15) is 26.3 Å². The average Bonchev–Trinajstić information content (AvgIpc) is 2.45. The molecule has 0 saturated carbocycles. The van der Waals surface area contributed by atoms with Crippen molar-refractivity contribution in [2.24, 2.45) is 0 Å². The number of allylic oxidation sites excluding steroid dienone is 6. The Kier molecular flexibility index (Phi) is 3.63. The van der Waals surface area contributed by atoms with Crippen LogP contribution in [0.5, 0.6) is 0 Å². The Hall–Kier alpha value is -1.77. The first-order valence-corrected chi connectivity index (χ1v) is 6.46. The van der Waals surface area contributed by atoms with Crippen molar-refractivity contribution in [1.82, 2.24) is 0 Å². The van der Waals surface area contributed by atoms with Gasteiger partial charge in [-0.1, -0.05) is 59.7 Å². The van der Waals surface area contributed by atoms with Crippen molar-refractivity contribution in [1.29, 1.82) is 0 Å². The van der Waals surface area contributed by atoms with Crippen LogP contribution >= 0.6 is 0 Å². The van der Waals surface area contributed by atoms with E-state index in [-0.39, 0.29) is 5.56 Å². The highest BCUT2D eigenvalue weighted by atomic mass is 19.4. The molecule has 0 saturated heterocycles. The molecule has 0 nitrogen and oxygen atoms in total. The highest BCUT2D eigenvalue weighted by Crippen LogP contribution is 2.49. The van der Waals surface area contributed by atoms with Crippen molar-refractivity contribution in [2.45, 2.75) is 32.4 Å². The predicted molar refractivity (Wildman–Crippen MR) is 75.4 cm³/mol. The van der Waals surface area contributed by atoms with Gasteiger partial charge in [-0.2, -0.15) is 13.2 Å². The lowest BCUT2D eigenvalue weighted by molar-refractivity contribution is -0.165. The molecule has 20 heavy (non-hydrogen) atoms. The maximum atomic E-state index is 13.9. The topological polar surface area (TPSA) is 0 Å². The Morgan fingerprint density at radius 2 is 1.45 bits per heavy atom.